The predicted molar refractivity (Wildman–Crippen MR) is 60.4 cm³/mol. The molecule has 1 atom stereocenters. The lowest BCUT2D eigenvalue weighted by molar-refractivity contribution is -0.142. The largest absolute Gasteiger partial charge is 0.480 e. The number of carbonyl (C=O) groups excluding carboxylic acids is 1. The highest BCUT2D eigenvalue weighted by Crippen LogP contribution is 2.09. The molecule has 0 saturated carbocycles. The van der Waals surface area contributed by atoms with Gasteiger partial charge in [-0.3, -0.25) is 5.10 Å². The Kier molecular flexibility index (Phi) is 3.72. The number of nitrogens with zero attached hydrogens (tertiary/aromatic N) is 1. The van der Waals surface area contributed by atoms with Gasteiger partial charge in [0.15, 0.2) is 0 Å². The number of carboxylic acids is 1. The molecule has 1 aromatic rings. The average Bonchev–Trinajstić information content (AvgIpc) is 2.68. The van der Waals surface area contributed by atoms with E-state index in [-0.39, 0.29) is 6.04 Å². The molecule has 7 heteroatoms. The second-order valence-electron chi connectivity index (χ2n) is 4.28. The van der Waals surface area contributed by atoms with Crippen molar-refractivity contribution in [1.82, 2.24) is 20.8 Å². The van der Waals surface area contributed by atoms with Gasteiger partial charge in [0.1, 0.15) is 5.54 Å². The van der Waals surface area contributed by atoms with Crippen molar-refractivity contribution in [3.63, 3.8) is 0 Å². The van der Waals surface area contributed by atoms with Gasteiger partial charge in [0.2, 0.25) is 0 Å². The number of rotatable bonds is 4. The molecule has 0 saturated heterocycles. The molecule has 0 aliphatic rings. The summed E-state index contributed by atoms with van der Waals surface area (Å²) in [5.41, 5.74) is -0.492. The zero-order valence-corrected chi connectivity index (χ0v) is 9.94. The number of carboxylic acid groups (broad SMARTS) is 1. The summed E-state index contributed by atoms with van der Waals surface area (Å²) in [6.45, 7) is 4.60. The minimum Gasteiger partial charge on any atom is -0.480 e. The topological polar surface area (TPSA) is 107 Å². The third-order valence-corrected chi connectivity index (χ3v) is 2.33. The second-order valence-corrected chi connectivity index (χ2v) is 4.28. The number of amides is 2. The molecule has 1 aromatic heterocycles. The molecule has 0 aliphatic heterocycles. The molecule has 0 aromatic carbocycles. The summed E-state index contributed by atoms with van der Waals surface area (Å²) in [7, 11) is 0. The van der Waals surface area contributed by atoms with E-state index in [4.69, 9.17) is 5.11 Å². The van der Waals surface area contributed by atoms with E-state index in [9.17, 15) is 9.59 Å². The van der Waals surface area contributed by atoms with Crippen molar-refractivity contribution in [2.75, 3.05) is 0 Å². The van der Waals surface area contributed by atoms with Gasteiger partial charge >= 0.3 is 12.0 Å². The molecule has 4 N–H and O–H groups in total. The van der Waals surface area contributed by atoms with Crippen LogP contribution < -0.4 is 10.6 Å². The Bertz CT molecular complexity index is 400. The van der Waals surface area contributed by atoms with Crippen molar-refractivity contribution in [1.29, 1.82) is 0 Å². The molecule has 1 unspecified atom stereocenters. The second kappa shape index (κ2) is 4.86. The average molecular weight is 240 g/mol. The van der Waals surface area contributed by atoms with Crippen LogP contribution in [0.3, 0.4) is 0 Å². The molecule has 17 heavy (non-hydrogen) atoms. The third-order valence-electron chi connectivity index (χ3n) is 2.33. The molecule has 0 aliphatic carbocycles. The van der Waals surface area contributed by atoms with Gasteiger partial charge in [-0.25, -0.2) is 9.59 Å². The summed E-state index contributed by atoms with van der Waals surface area (Å²) in [6, 6.07) is -0.788. The standard InChI is InChI=1S/C10H16N4O3/c1-6(7-4-11-12-5-7)13-9(17)14-10(2,3)8(15)16/h4-6H,1-3H3,(H,11,12)(H,15,16)(H2,13,14,17). The van der Waals surface area contributed by atoms with Gasteiger partial charge in [0.05, 0.1) is 12.2 Å². The van der Waals surface area contributed by atoms with Crippen molar-refractivity contribution in [3.8, 4) is 0 Å². The van der Waals surface area contributed by atoms with Gasteiger partial charge in [0, 0.05) is 11.8 Å². The summed E-state index contributed by atoms with van der Waals surface area (Å²) in [5.74, 6) is -1.09. The lowest BCUT2D eigenvalue weighted by atomic mass is 10.1. The monoisotopic (exact) mass is 240 g/mol. The number of aliphatic carboxylic acids is 1. The number of hydrogen-bond donors (Lipinski definition) is 4. The first-order valence-electron chi connectivity index (χ1n) is 5.13. The Morgan fingerprint density at radius 3 is 2.65 bits per heavy atom. The van der Waals surface area contributed by atoms with Crippen LogP contribution in [-0.4, -0.2) is 32.8 Å². The van der Waals surface area contributed by atoms with Gasteiger partial charge < -0.3 is 15.7 Å². The van der Waals surface area contributed by atoms with Gasteiger partial charge in [-0.1, -0.05) is 0 Å². The van der Waals surface area contributed by atoms with Crippen LogP contribution in [0.2, 0.25) is 0 Å². The van der Waals surface area contributed by atoms with E-state index in [0.717, 1.165) is 5.56 Å². The van der Waals surface area contributed by atoms with Crippen LogP contribution in [0.4, 0.5) is 4.79 Å². The number of aromatic amines is 1. The zero-order chi connectivity index (χ0) is 13.1. The van der Waals surface area contributed by atoms with Crippen molar-refractivity contribution < 1.29 is 14.7 Å². The molecular weight excluding hydrogens is 224 g/mol. The van der Waals surface area contributed by atoms with Crippen LogP contribution in [0, 0.1) is 0 Å². The normalized spacial score (nSPS) is 12.9. The fraction of sp³-hybridized carbons (Fsp3) is 0.500. The Balaban J connectivity index is 2.53. The quantitative estimate of drug-likeness (QED) is 0.619. The first-order valence-corrected chi connectivity index (χ1v) is 5.13. The molecule has 0 spiro atoms. The molecule has 0 fully saturated rings. The number of hydrogen-bond acceptors (Lipinski definition) is 3. The molecule has 94 valence electrons. The smallest absolute Gasteiger partial charge is 0.328 e. The third kappa shape index (κ3) is 3.47. The fourth-order valence-electron chi connectivity index (χ4n) is 1.15. The van der Waals surface area contributed by atoms with Crippen LogP contribution in [0.1, 0.15) is 32.4 Å². The van der Waals surface area contributed by atoms with Crippen molar-refractivity contribution in [2.24, 2.45) is 0 Å². The number of aromatic nitrogens is 2. The molecule has 1 heterocycles. The van der Waals surface area contributed by atoms with Crippen LogP contribution in [0.5, 0.6) is 0 Å². The first-order chi connectivity index (χ1) is 7.83. The molecule has 0 radical (unpaired) electrons. The summed E-state index contributed by atoms with van der Waals surface area (Å²) < 4.78 is 0. The lowest BCUT2D eigenvalue weighted by Crippen LogP contribution is -2.53. The van der Waals surface area contributed by atoms with Crippen molar-refractivity contribution in [3.05, 3.63) is 18.0 Å². The van der Waals surface area contributed by atoms with Crippen molar-refractivity contribution in [2.45, 2.75) is 32.4 Å². The highest BCUT2D eigenvalue weighted by Gasteiger charge is 2.29. The molecule has 2 amide bonds. The fourth-order valence-corrected chi connectivity index (χ4v) is 1.15. The minimum absolute atomic E-state index is 0.252. The number of urea groups is 1. The van der Waals surface area contributed by atoms with Crippen molar-refractivity contribution >= 4 is 12.0 Å². The Hall–Kier alpha value is -2.05. The number of H-pyrrole nitrogens is 1. The maximum atomic E-state index is 11.6. The Morgan fingerprint density at radius 1 is 1.53 bits per heavy atom. The summed E-state index contributed by atoms with van der Waals surface area (Å²) >= 11 is 0. The van der Waals surface area contributed by atoms with E-state index in [2.05, 4.69) is 20.8 Å². The van der Waals surface area contributed by atoms with Crippen LogP contribution >= 0.6 is 0 Å². The highest BCUT2D eigenvalue weighted by atomic mass is 16.4. The van der Waals surface area contributed by atoms with E-state index >= 15 is 0 Å². The van der Waals surface area contributed by atoms with E-state index in [0.29, 0.717) is 0 Å². The highest BCUT2D eigenvalue weighted by molar-refractivity contribution is 5.85. The summed E-state index contributed by atoms with van der Waals surface area (Å²) in [5, 5.41) is 20.2. The summed E-state index contributed by atoms with van der Waals surface area (Å²) in [6.07, 6.45) is 3.25. The zero-order valence-electron chi connectivity index (χ0n) is 9.94. The number of nitrogens with one attached hydrogen (secondary N) is 3. The first kappa shape index (κ1) is 13.0. The van der Waals surface area contributed by atoms with E-state index < -0.39 is 17.5 Å². The molecular formula is C10H16N4O3. The van der Waals surface area contributed by atoms with Gasteiger partial charge in [0.25, 0.3) is 0 Å². The minimum atomic E-state index is -1.31. The van der Waals surface area contributed by atoms with E-state index in [1.807, 2.05) is 0 Å². The van der Waals surface area contributed by atoms with E-state index in [1.54, 1.807) is 19.3 Å². The summed E-state index contributed by atoms with van der Waals surface area (Å²) in [4.78, 5) is 22.4. The van der Waals surface area contributed by atoms with Gasteiger partial charge in [-0.15, -0.1) is 0 Å². The van der Waals surface area contributed by atoms with Crippen LogP contribution in [0.25, 0.3) is 0 Å². The van der Waals surface area contributed by atoms with Gasteiger partial charge in [-0.2, -0.15) is 5.10 Å². The maximum absolute atomic E-state index is 11.6. The van der Waals surface area contributed by atoms with Crippen LogP contribution in [0.15, 0.2) is 12.4 Å². The van der Waals surface area contributed by atoms with Gasteiger partial charge in [-0.05, 0) is 20.8 Å². The molecule has 7 nitrogen and oxygen atoms in total. The Morgan fingerprint density at radius 2 is 2.18 bits per heavy atom. The predicted octanol–water partition coefficient (Wildman–Crippen LogP) is 0.633. The van der Waals surface area contributed by atoms with E-state index in [1.165, 1.54) is 13.8 Å². The molecule has 1 rings (SSSR count). The maximum Gasteiger partial charge on any atom is 0.328 e. The lowest BCUT2D eigenvalue weighted by Gasteiger charge is -2.22. The number of carbonyl (C=O) groups is 2. The Labute approximate surface area is 98.6 Å². The SMILES string of the molecule is CC(NC(=O)NC(C)(C)C(=O)O)c1cn[nH]c1. The van der Waals surface area contributed by atoms with Crippen LogP contribution in [-0.2, 0) is 4.79 Å². The molecule has 0 bridgehead atoms.